The minimum Gasteiger partial charge on any atom is -0.390 e. The molecule has 1 saturated carbocycles. The summed E-state index contributed by atoms with van der Waals surface area (Å²) >= 11 is 0. The second-order valence-corrected chi connectivity index (χ2v) is 5.48. The summed E-state index contributed by atoms with van der Waals surface area (Å²) in [7, 11) is 1.56. The van der Waals surface area contributed by atoms with Gasteiger partial charge in [0.15, 0.2) is 5.69 Å². The molecule has 0 radical (unpaired) electrons. The molecule has 0 spiro atoms. The molecule has 0 aromatic carbocycles. The van der Waals surface area contributed by atoms with Crippen LogP contribution in [0.3, 0.4) is 0 Å². The van der Waals surface area contributed by atoms with Gasteiger partial charge in [-0.05, 0) is 19.8 Å². The molecule has 0 saturated heterocycles. The maximum absolute atomic E-state index is 11.9. The molecule has 0 bridgehead atoms. The normalized spacial score (nSPS) is 29.6. The van der Waals surface area contributed by atoms with Crippen LogP contribution < -0.4 is 5.32 Å². The van der Waals surface area contributed by atoms with Crippen molar-refractivity contribution in [2.24, 2.45) is 5.41 Å². The lowest BCUT2D eigenvalue weighted by Crippen LogP contribution is -2.39. The molecular formula is C13H20N2O5. The van der Waals surface area contributed by atoms with Gasteiger partial charge in [0.05, 0.1) is 18.8 Å². The van der Waals surface area contributed by atoms with Gasteiger partial charge in [0.25, 0.3) is 5.91 Å². The third-order valence-corrected chi connectivity index (χ3v) is 3.66. The highest BCUT2D eigenvalue weighted by Crippen LogP contribution is 2.38. The number of carbonyl (C=O) groups excluding carboxylic acids is 1. The Kier molecular flexibility index (Phi) is 4.42. The van der Waals surface area contributed by atoms with Gasteiger partial charge in [0.2, 0.25) is 0 Å². The Hall–Kier alpha value is -1.44. The van der Waals surface area contributed by atoms with Crippen LogP contribution in [0.5, 0.6) is 0 Å². The van der Waals surface area contributed by atoms with Gasteiger partial charge in [-0.2, -0.15) is 0 Å². The number of nitrogens with zero attached hydrogens (tertiary/aromatic N) is 1. The third-order valence-electron chi connectivity index (χ3n) is 3.66. The number of methoxy groups -OCH3 is 1. The van der Waals surface area contributed by atoms with Crippen molar-refractivity contribution in [2.45, 2.75) is 32.0 Å². The molecule has 1 aliphatic rings. The van der Waals surface area contributed by atoms with Crippen LogP contribution in [0.25, 0.3) is 0 Å². The fourth-order valence-corrected chi connectivity index (χ4v) is 2.69. The Balaban J connectivity index is 1.98. The van der Waals surface area contributed by atoms with Gasteiger partial charge in [-0.3, -0.25) is 4.79 Å². The van der Waals surface area contributed by atoms with Crippen molar-refractivity contribution in [1.29, 1.82) is 0 Å². The van der Waals surface area contributed by atoms with Crippen LogP contribution in [0.15, 0.2) is 10.6 Å². The van der Waals surface area contributed by atoms with Crippen molar-refractivity contribution in [3.63, 3.8) is 0 Å². The number of aryl methyl sites for hydroxylation is 1. The van der Waals surface area contributed by atoms with E-state index < -0.39 is 17.6 Å². The smallest absolute Gasteiger partial charge is 0.273 e. The number of rotatable bonds is 5. The minimum atomic E-state index is -0.781. The number of ether oxygens (including phenoxy) is 1. The molecule has 7 heteroatoms. The van der Waals surface area contributed by atoms with Crippen molar-refractivity contribution in [3.8, 4) is 0 Å². The average Bonchev–Trinajstić information content (AvgIpc) is 2.93. The van der Waals surface area contributed by atoms with Crippen LogP contribution in [0.4, 0.5) is 0 Å². The lowest BCUT2D eigenvalue weighted by Gasteiger charge is -2.28. The highest BCUT2D eigenvalue weighted by atomic mass is 16.5. The molecule has 1 fully saturated rings. The molecule has 1 amide bonds. The molecule has 1 aliphatic carbocycles. The second kappa shape index (κ2) is 5.90. The quantitative estimate of drug-likeness (QED) is 0.695. The summed E-state index contributed by atoms with van der Waals surface area (Å²) in [4.78, 5) is 11.9. The van der Waals surface area contributed by atoms with Crippen LogP contribution in [0.2, 0.25) is 0 Å². The van der Waals surface area contributed by atoms with Gasteiger partial charge in [-0.25, -0.2) is 0 Å². The molecule has 1 heterocycles. The van der Waals surface area contributed by atoms with Crippen molar-refractivity contribution in [2.75, 3.05) is 20.3 Å². The summed E-state index contributed by atoms with van der Waals surface area (Å²) < 4.78 is 10.0. The Labute approximate surface area is 116 Å². The number of aliphatic hydroxyl groups excluding tert-OH is 2. The number of aliphatic hydroxyl groups is 2. The molecule has 112 valence electrons. The van der Waals surface area contributed by atoms with Crippen molar-refractivity contribution >= 4 is 5.91 Å². The van der Waals surface area contributed by atoms with E-state index in [-0.39, 0.29) is 11.6 Å². The van der Waals surface area contributed by atoms with E-state index in [9.17, 15) is 15.0 Å². The monoisotopic (exact) mass is 284 g/mol. The Morgan fingerprint density at radius 1 is 1.55 bits per heavy atom. The van der Waals surface area contributed by atoms with Crippen molar-refractivity contribution in [1.82, 2.24) is 10.5 Å². The predicted molar refractivity (Wildman–Crippen MR) is 69.1 cm³/mol. The van der Waals surface area contributed by atoms with Crippen LogP contribution >= 0.6 is 0 Å². The van der Waals surface area contributed by atoms with Gasteiger partial charge in [-0.15, -0.1) is 0 Å². The largest absolute Gasteiger partial charge is 0.390 e. The van der Waals surface area contributed by atoms with Crippen molar-refractivity contribution < 1.29 is 24.3 Å². The van der Waals surface area contributed by atoms with E-state index in [4.69, 9.17) is 9.26 Å². The molecule has 0 aliphatic heterocycles. The first-order valence-electron chi connectivity index (χ1n) is 6.52. The van der Waals surface area contributed by atoms with E-state index in [0.717, 1.165) is 0 Å². The topological polar surface area (TPSA) is 105 Å². The lowest BCUT2D eigenvalue weighted by molar-refractivity contribution is 0.0438. The average molecular weight is 284 g/mol. The highest BCUT2D eigenvalue weighted by Gasteiger charge is 2.44. The van der Waals surface area contributed by atoms with E-state index in [2.05, 4.69) is 10.5 Å². The second-order valence-electron chi connectivity index (χ2n) is 5.48. The summed E-state index contributed by atoms with van der Waals surface area (Å²) in [5.41, 5.74) is -0.240. The summed E-state index contributed by atoms with van der Waals surface area (Å²) in [6.07, 6.45) is -0.784. The molecular weight excluding hydrogens is 264 g/mol. The number of aromatic nitrogens is 1. The molecule has 20 heavy (non-hydrogen) atoms. The van der Waals surface area contributed by atoms with E-state index in [1.807, 2.05) is 0 Å². The number of carbonyl (C=O) groups is 1. The van der Waals surface area contributed by atoms with Gasteiger partial charge >= 0.3 is 0 Å². The van der Waals surface area contributed by atoms with Gasteiger partial charge < -0.3 is 24.8 Å². The van der Waals surface area contributed by atoms with E-state index in [1.165, 1.54) is 0 Å². The van der Waals surface area contributed by atoms with E-state index in [0.29, 0.717) is 31.8 Å². The highest BCUT2D eigenvalue weighted by molar-refractivity contribution is 5.92. The lowest BCUT2D eigenvalue weighted by atomic mass is 9.86. The van der Waals surface area contributed by atoms with Crippen LogP contribution in [0.1, 0.15) is 29.1 Å². The van der Waals surface area contributed by atoms with Crippen LogP contribution in [-0.2, 0) is 4.74 Å². The number of hydrogen-bond donors (Lipinski definition) is 3. The Morgan fingerprint density at radius 2 is 2.20 bits per heavy atom. The zero-order chi connectivity index (χ0) is 14.8. The van der Waals surface area contributed by atoms with E-state index >= 15 is 0 Å². The number of amides is 1. The Bertz CT molecular complexity index is 463. The fraction of sp³-hybridized carbons (Fsp3) is 0.692. The first-order chi connectivity index (χ1) is 9.46. The maximum atomic E-state index is 11.9. The molecule has 2 rings (SSSR count). The van der Waals surface area contributed by atoms with Gasteiger partial charge in [0, 0.05) is 25.1 Å². The maximum Gasteiger partial charge on any atom is 0.273 e. The summed E-state index contributed by atoms with van der Waals surface area (Å²) in [5, 5.41) is 25.8. The zero-order valence-corrected chi connectivity index (χ0v) is 11.6. The number of nitrogens with one attached hydrogen (secondary N) is 1. The molecule has 7 nitrogen and oxygen atoms in total. The van der Waals surface area contributed by atoms with Gasteiger partial charge in [0.1, 0.15) is 5.76 Å². The van der Waals surface area contributed by atoms with Gasteiger partial charge in [-0.1, -0.05) is 5.16 Å². The minimum absolute atomic E-state index is 0.217. The van der Waals surface area contributed by atoms with Crippen LogP contribution in [-0.4, -0.2) is 53.7 Å². The molecule has 2 atom stereocenters. The zero-order valence-electron chi connectivity index (χ0n) is 11.6. The first-order valence-corrected chi connectivity index (χ1v) is 6.52. The molecule has 3 N–H and O–H groups in total. The van der Waals surface area contributed by atoms with Crippen molar-refractivity contribution in [3.05, 3.63) is 17.5 Å². The van der Waals surface area contributed by atoms with E-state index in [1.54, 1.807) is 20.1 Å². The summed E-state index contributed by atoms with van der Waals surface area (Å²) in [5.74, 6) is 0.224. The van der Waals surface area contributed by atoms with Crippen LogP contribution in [0, 0.1) is 12.3 Å². The first kappa shape index (κ1) is 15.0. The predicted octanol–water partition coefficient (Wildman–Crippen LogP) is -0.139. The fourth-order valence-electron chi connectivity index (χ4n) is 2.69. The molecule has 1 aromatic heterocycles. The standard InChI is InChI=1S/C13H20N2O5/c1-8-3-9(15-20-8)12(18)14-6-13(7-19-2)4-10(16)11(17)5-13/h3,10-11,16-17H,4-7H2,1-2H3,(H,14,18). The summed E-state index contributed by atoms with van der Waals surface area (Å²) in [6, 6.07) is 1.55. The number of hydrogen-bond acceptors (Lipinski definition) is 6. The Morgan fingerprint density at radius 3 is 2.70 bits per heavy atom. The molecule has 1 aromatic rings. The summed E-state index contributed by atoms with van der Waals surface area (Å²) in [6.45, 7) is 2.37. The molecule has 2 unspecified atom stereocenters. The third kappa shape index (κ3) is 3.17. The SMILES string of the molecule is COCC1(CNC(=O)c2cc(C)on2)CC(O)C(O)C1.